The lowest BCUT2D eigenvalue weighted by Crippen LogP contribution is -2.27. The maximum Gasteiger partial charge on any atom is 0.205 e. The summed E-state index contributed by atoms with van der Waals surface area (Å²) in [6.45, 7) is 11.6. The molecule has 0 spiro atoms. The van der Waals surface area contributed by atoms with Crippen LogP contribution >= 0.6 is 0 Å². The van der Waals surface area contributed by atoms with E-state index in [1.54, 1.807) is 0 Å². The molecule has 0 N–H and O–H groups in total. The van der Waals surface area contributed by atoms with Crippen LogP contribution in [0.3, 0.4) is 0 Å². The van der Waals surface area contributed by atoms with Gasteiger partial charge < -0.3 is 3.87 Å². The zero-order chi connectivity index (χ0) is 9.07. The summed E-state index contributed by atoms with van der Waals surface area (Å²) < 4.78 is 16.4. The van der Waals surface area contributed by atoms with Gasteiger partial charge in [-0.25, -0.2) is 4.21 Å². The number of hydrogen-bond acceptors (Lipinski definition) is 2. The molecule has 1 atom stereocenters. The SMILES string of the molecule is C=C(C)CS(=O)O[Si](C)(C)C. The van der Waals surface area contributed by atoms with E-state index in [4.69, 9.17) is 3.87 Å². The summed E-state index contributed by atoms with van der Waals surface area (Å²) in [5.41, 5.74) is 0.904. The average Bonchev–Trinajstić information content (AvgIpc) is 1.53. The van der Waals surface area contributed by atoms with Crippen molar-refractivity contribution in [2.75, 3.05) is 5.75 Å². The lowest BCUT2D eigenvalue weighted by atomic mass is 10.4. The van der Waals surface area contributed by atoms with E-state index in [-0.39, 0.29) is 0 Å². The van der Waals surface area contributed by atoms with Gasteiger partial charge in [0.2, 0.25) is 8.32 Å². The first-order valence-electron chi connectivity index (χ1n) is 3.53. The molecule has 0 aromatic carbocycles. The summed E-state index contributed by atoms with van der Waals surface area (Å²) in [6.07, 6.45) is 0. The second kappa shape index (κ2) is 4.18. The first-order valence-corrected chi connectivity index (χ1v) is 8.19. The number of rotatable bonds is 4. The van der Waals surface area contributed by atoms with Gasteiger partial charge in [0, 0.05) is 0 Å². The van der Waals surface area contributed by atoms with E-state index >= 15 is 0 Å². The number of hydrogen-bond donors (Lipinski definition) is 0. The van der Waals surface area contributed by atoms with Crippen LogP contribution in [0.4, 0.5) is 0 Å². The van der Waals surface area contributed by atoms with Crippen molar-refractivity contribution in [1.82, 2.24) is 0 Å². The van der Waals surface area contributed by atoms with Crippen LogP contribution in [0.5, 0.6) is 0 Å². The van der Waals surface area contributed by atoms with E-state index in [2.05, 4.69) is 6.58 Å². The lowest BCUT2D eigenvalue weighted by Gasteiger charge is -2.15. The summed E-state index contributed by atoms with van der Waals surface area (Å²) in [7, 11) is -1.63. The van der Waals surface area contributed by atoms with Gasteiger partial charge in [0.05, 0.1) is 5.75 Å². The third-order valence-corrected chi connectivity index (χ3v) is 4.18. The van der Waals surface area contributed by atoms with Gasteiger partial charge in [-0.15, -0.1) is 0 Å². The Morgan fingerprint density at radius 2 is 2.00 bits per heavy atom. The van der Waals surface area contributed by atoms with Crippen LogP contribution in [-0.2, 0) is 15.0 Å². The predicted octanol–water partition coefficient (Wildman–Crippen LogP) is 2.08. The van der Waals surface area contributed by atoms with Crippen LogP contribution in [0, 0.1) is 0 Å². The zero-order valence-electron chi connectivity index (χ0n) is 7.64. The first kappa shape index (κ1) is 11.1. The van der Waals surface area contributed by atoms with Gasteiger partial charge in [0.1, 0.15) is 11.1 Å². The van der Waals surface area contributed by atoms with Crippen molar-refractivity contribution in [3.05, 3.63) is 12.2 Å². The third-order valence-electron chi connectivity index (χ3n) is 0.707. The smallest absolute Gasteiger partial charge is 0.205 e. The van der Waals surface area contributed by atoms with E-state index in [1.807, 2.05) is 26.6 Å². The highest BCUT2D eigenvalue weighted by atomic mass is 32.2. The summed E-state index contributed by atoms with van der Waals surface area (Å²) in [6, 6.07) is 0. The minimum absolute atomic E-state index is 0.463. The molecule has 0 fully saturated rings. The molecule has 0 aliphatic rings. The summed E-state index contributed by atoms with van der Waals surface area (Å²) in [4.78, 5) is 0. The Hall–Kier alpha value is 0.0669. The fourth-order valence-electron chi connectivity index (χ4n) is 0.509. The van der Waals surface area contributed by atoms with Gasteiger partial charge >= 0.3 is 0 Å². The fraction of sp³-hybridized carbons (Fsp3) is 0.714. The van der Waals surface area contributed by atoms with Gasteiger partial charge in [0.15, 0.2) is 0 Å². The first-order chi connectivity index (χ1) is 4.81. The Morgan fingerprint density at radius 1 is 1.55 bits per heavy atom. The van der Waals surface area contributed by atoms with E-state index in [0.717, 1.165) is 5.57 Å². The monoisotopic (exact) mass is 192 g/mol. The Kier molecular flexibility index (Phi) is 4.21. The molecule has 0 aromatic heterocycles. The van der Waals surface area contributed by atoms with Gasteiger partial charge in [-0.3, -0.25) is 0 Å². The van der Waals surface area contributed by atoms with Crippen molar-refractivity contribution >= 4 is 19.4 Å². The third kappa shape index (κ3) is 7.97. The molecule has 0 amide bonds. The Balaban J connectivity index is 3.80. The highest BCUT2D eigenvalue weighted by molar-refractivity contribution is 7.81. The van der Waals surface area contributed by atoms with Gasteiger partial charge in [-0.1, -0.05) is 12.2 Å². The molecule has 0 saturated carbocycles. The topological polar surface area (TPSA) is 26.3 Å². The molecule has 2 nitrogen and oxygen atoms in total. The van der Waals surface area contributed by atoms with Crippen molar-refractivity contribution in [1.29, 1.82) is 0 Å². The second-order valence-electron chi connectivity index (χ2n) is 3.60. The fourth-order valence-corrected chi connectivity index (χ4v) is 3.38. The van der Waals surface area contributed by atoms with Crippen molar-refractivity contribution in [3.8, 4) is 0 Å². The van der Waals surface area contributed by atoms with Gasteiger partial charge in [0.25, 0.3) is 0 Å². The summed E-state index contributed by atoms with van der Waals surface area (Å²) in [5, 5.41) is 0. The minimum atomic E-state index is -1.63. The molecule has 4 heteroatoms. The van der Waals surface area contributed by atoms with Crippen LogP contribution in [0.1, 0.15) is 6.92 Å². The van der Waals surface area contributed by atoms with Crippen molar-refractivity contribution in [2.24, 2.45) is 0 Å². The van der Waals surface area contributed by atoms with E-state index < -0.39 is 19.4 Å². The van der Waals surface area contributed by atoms with E-state index in [1.165, 1.54) is 0 Å². The summed E-state index contributed by atoms with van der Waals surface area (Å²) >= 11 is -1.16. The zero-order valence-corrected chi connectivity index (χ0v) is 9.46. The molecule has 0 rings (SSSR count). The molecule has 0 heterocycles. The minimum Gasteiger partial charge on any atom is -0.335 e. The van der Waals surface area contributed by atoms with E-state index in [0.29, 0.717) is 5.75 Å². The highest BCUT2D eigenvalue weighted by Gasteiger charge is 2.18. The molecule has 0 saturated heterocycles. The van der Waals surface area contributed by atoms with Crippen LogP contribution < -0.4 is 0 Å². The largest absolute Gasteiger partial charge is 0.335 e. The quantitative estimate of drug-likeness (QED) is 0.503. The van der Waals surface area contributed by atoms with Gasteiger partial charge in [-0.05, 0) is 26.6 Å². The van der Waals surface area contributed by atoms with E-state index in [9.17, 15) is 4.21 Å². The second-order valence-corrected chi connectivity index (χ2v) is 9.39. The predicted molar refractivity (Wildman–Crippen MR) is 52.3 cm³/mol. The van der Waals surface area contributed by atoms with Crippen LogP contribution in [0.25, 0.3) is 0 Å². The molecular weight excluding hydrogens is 176 g/mol. The molecule has 0 aliphatic carbocycles. The van der Waals surface area contributed by atoms with Crippen LogP contribution in [0.2, 0.25) is 19.6 Å². The molecule has 0 aliphatic heterocycles. The Labute approximate surface area is 72.4 Å². The van der Waals surface area contributed by atoms with Gasteiger partial charge in [-0.2, -0.15) is 0 Å². The van der Waals surface area contributed by atoms with Crippen molar-refractivity contribution in [2.45, 2.75) is 26.6 Å². The molecule has 0 radical (unpaired) electrons. The molecule has 0 aromatic rings. The lowest BCUT2D eigenvalue weighted by molar-refractivity contribution is 0.565. The molecule has 0 bridgehead atoms. The summed E-state index contributed by atoms with van der Waals surface area (Å²) in [5.74, 6) is 0.463. The van der Waals surface area contributed by atoms with Crippen LogP contribution in [0.15, 0.2) is 12.2 Å². The molecule has 66 valence electrons. The van der Waals surface area contributed by atoms with Crippen molar-refractivity contribution in [3.63, 3.8) is 0 Å². The maximum atomic E-state index is 11.1. The Morgan fingerprint density at radius 3 is 2.27 bits per heavy atom. The molecule has 1 unspecified atom stereocenters. The normalized spacial score (nSPS) is 14.5. The molecule has 11 heavy (non-hydrogen) atoms. The Bertz CT molecular complexity index is 172. The van der Waals surface area contributed by atoms with Crippen molar-refractivity contribution < 1.29 is 8.08 Å². The standard InChI is InChI=1S/C7H16O2SSi/c1-7(2)6-10(8)9-11(3,4)5/h1,6H2,2-5H3. The average molecular weight is 192 g/mol. The van der Waals surface area contributed by atoms with Crippen LogP contribution in [-0.4, -0.2) is 18.3 Å². The molecular formula is C7H16O2SSi. The maximum absolute atomic E-state index is 11.1. The highest BCUT2D eigenvalue weighted by Crippen LogP contribution is 2.06.